The highest BCUT2D eigenvalue weighted by Crippen LogP contribution is 2.24. The second-order valence-corrected chi connectivity index (χ2v) is 8.24. The molecule has 1 atom stereocenters. The van der Waals surface area contributed by atoms with E-state index in [-0.39, 0.29) is 35.8 Å². The van der Waals surface area contributed by atoms with Crippen molar-refractivity contribution in [3.05, 3.63) is 47.2 Å². The fourth-order valence-electron chi connectivity index (χ4n) is 2.89. The summed E-state index contributed by atoms with van der Waals surface area (Å²) in [5, 5.41) is 7.69. The quantitative estimate of drug-likeness (QED) is 0.731. The monoisotopic (exact) mass is 433 g/mol. The van der Waals surface area contributed by atoms with Crippen molar-refractivity contribution in [2.45, 2.75) is 10.9 Å². The van der Waals surface area contributed by atoms with Crippen molar-refractivity contribution in [2.24, 2.45) is 7.05 Å². The third-order valence-electron chi connectivity index (χ3n) is 4.20. The first-order valence-electron chi connectivity index (χ1n) is 8.11. The van der Waals surface area contributed by atoms with Crippen LogP contribution in [0.25, 0.3) is 0 Å². The van der Waals surface area contributed by atoms with Crippen LogP contribution < -0.4 is 10.0 Å². The number of benzene rings is 1. The van der Waals surface area contributed by atoms with E-state index in [0.717, 1.165) is 5.56 Å². The predicted octanol–water partition coefficient (Wildman–Crippen LogP) is 0.947. The molecule has 2 heterocycles. The maximum Gasteiger partial charge on any atom is 0.244 e. The summed E-state index contributed by atoms with van der Waals surface area (Å²) < 4.78 is 28.3. The van der Waals surface area contributed by atoms with Gasteiger partial charge in [0.1, 0.15) is 4.90 Å². The van der Waals surface area contributed by atoms with Gasteiger partial charge in [0.05, 0.1) is 18.8 Å². The van der Waals surface area contributed by atoms with Gasteiger partial charge in [-0.25, -0.2) is 13.1 Å². The number of nitrogens with zero attached hydrogens (tertiary/aromatic N) is 3. The van der Waals surface area contributed by atoms with Crippen LogP contribution in [0.5, 0.6) is 0 Å². The summed E-state index contributed by atoms with van der Waals surface area (Å²) >= 11 is 6.06. The lowest BCUT2D eigenvalue weighted by atomic mass is 10.0. The van der Waals surface area contributed by atoms with Crippen LogP contribution in [-0.2, 0) is 21.9 Å². The van der Waals surface area contributed by atoms with Gasteiger partial charge >= 0.3 is 0 Å². The third kappa shape index (κ3) is 5.20. The summed E-state index contributed by atoms with van der Waals surface area (Å²) in [7, 11) is -2.15. The Morgan fingerprint density at radius 2 is 2.22 bits per heavy atom. The van der Waals surface area contributed by atoms with Gasteiger partial charge in [0.15, 0.2) is 0 Å². The molecule has 1 aromatic heterocycles. The molecule has 1 saturated heterocycles. The number of hydrogen-bond acceptors (Lipinski definition) is 5. The van der Waals surface area contributed by atoms with Crippen LogP contribution >= 0.6 is 24.0 Å². The Balaban J connectivity index is 0.00000261. The van der Waals surface area contributed by atoms with E-state index in [9.17, 15) is 13.2 Å². The highest BCUT2D eigenvalue weighted by atomic mass is 35.5. The number of nitrogens with one attached hydrogen (secondary N) is 2. The summed E-state index contributed by atoms with van der Waals surface area (Å²) in [5.41, 5.74) is 0.910. The van der Waals surface area contributed by atoms with E-state index < -0.39 is 10.0 Å². The number of piperazine rings is 1. The van der Waals surface area contributed by atoms with E-state index in [1.807, 2.05) is 18.2 Å². The number of amides is 1. The number of aryl methyl sites for hydroxylation is 1. The summed E-state index contributed by atoms with van der Waals surface area (Å²) in [4.78, 5) is 14.4. The molecule has 0 saturated carbocycles. The number of hydrogen-bond donors (Lipinski definition) is 2. The second kappa shape index (κ2) is 9.03. The molecule has 0 spiro atoms. The minimum Gasteiger partial charge on any atom is -0.332 e. The zero-order valence-electron chi connectivity index (χ0n) is 14.6. The van der Waals surface area contributed by atoms with Crippen LogP contribution in [0.2, 0.25) is 5.02 Å². The third-order valence-corrected chi connectivity index (χ3v) is 5.79. The van der Waals surface area contributed by atoms with E-state index in [1.54, 1.807) is 18.0 Å². The molecule has 1 aromatic carbocycles. The fraction of sp³-hybridized carbons (Fsp3) is 0.375. The van der Waals surface area contributed by atoms with Crippen LogP contribution in [0.3, 0.4) is 0 Å². The van der Waals surface area contributed by atoms with Gasteiger partial charge in [0.25, 0.3) is 0 Å². The lowest BCUT2D eigenvalue weighted by molar-refractivity contribution is -0.133. The zero-order valence-corrected chi connectivity index (χ0v) is 17.0. The van der Waals surface area contributed by atoms with E-state index in [0.29, 0.717) is 24.7 Å². The Morgan fingerprint density at radius 3 is 2.89 bits per heavy atom. The largest absolute Gasteiger partial charge is 0.332 e. The van der Waals surface area contributed by atoms with Crippen molar-refractivity contribution in [3.63, 3.8) is 0 Å². The van der Waals surface area contributed by atoms with Crippen molar-refractivity contribution in [1.29, 1.82) is 0 Å². The Labute approximate surface area is 169 Å². The molecule has 0 bridgehead atoms. The first kappa shape index (κ1) is 21.6. The van der Waals surface area contributed by atoms with Crippen LogP contribution in [0.4, 0.5) is 0 Å². The van der Waals surface area contributed by atoms with Gasteiger partial charge in [0, 0.05) is 37.9 Å². The second-order valence-electron chi connectivity index (χ2n) is 6.04. The molecule has 2 aromatic rings. The zero-order chi connectivity index (χ0) is 18.7. The summed E-state index contributed by atoms with van der Waals surface area (Å²) in [6, 6.07) is 7.14. The normalized spacial score (nSPS) is 17.4. The van der Waals surface area contributed by atoms with Gasteiger partial charge in [-0.1, -0.05) is 23.7 Å². The summed E-state index contributed by atoms with van der Waals surface area (Å²) in [5.74, 6) is -0.288. The molecule has 11 heteroatoms. The molecule has 0 radical (unpaired) electrons. The average Bonchev–Trinajstić information content (AvgIpc) is 3.07. The first-order valence-corrected chi connectivity index (χ1v) is 9.97. The average molecular weight is 434 g/mol. The summed E-state index contributed by atoms with van der Waals surface area (Å²) in [6.45, 7) is 1.42. The maximum atomic E-state index is 12.7. The minimum absolute atomic E-state index is 0. The van der Waals surface area contributed by atoms with Crippen LogP contribution in [-0.4, -0.2) is 55.2 Å². The smallest absolute Gasteiger partial charge is 0.244 e. The number of carbonyl (C=O) groups excluding carboxylic acids is 1. The number of sulfonamides is 1. The highest BCUT2D eigenvalue weighted by Gasteiger charge is 2.29. The predicted molar refractivity (Wildman–Crippen MR) is 104 cm³/mol. The first-order chi connectivity index (χ1) is 12.4. The number of halogens is 2. The van der Waals surface area contributed by atoms with E-state index in [4.69, 9.17) is 11.6 Å². The van der Waals surface area contributed by atoms with Gasteiger partial charge in [-0.3, -0.25) is 9.48 Å². The van der Waals surface area contributed by atoms with Crippen molar-refractivity contribution < 1.29 is 13.2 Å². The Kier molecular flexibility index (Phi) is 7.24. The van der Waals surface area contributed by atoms with Crippen molar-refractivity contribution in [3.8, 4) is 0 Å². The number of rotatable bonds is 5. The molecule has 1 fully saturated rings. The summed E-state index contributed by atoms with van der Waals surface area (Å²) in [6.07, 6.45) is 2.62. The fourth-order valence-corrected chi connectivity index (χ4v) is 4.05. The van der Waals surface area contributed by atoms with Gasteiger partial charge in [-0.15, -0.1) is 12.4 Å². The number of carbonyl (C=O) groups is 1. The van der Waals surface area contributed by atoms with Gasteiger partial charge in [-0.05, 0) is 17.7 Å². The van der Waals surface area contributed by atoms with Gasteiger partial charge in [0.2, 0.25) is 15.9 Å². The molecule has 1 aliphatic heterocycles. The molecular weight excluding hydrogens is 413 g/mol. The molecule has 148 valence electrons. The van der Waals surface area contributed by atoms with Crippen molar-refractivity contribution in [1.82, 2.24) is 24.7 Å². The number of aromatic nitrogens is 2. The van der Waals surface area contributed by atoms with Crippen LogP contribution in [0, 0.1) is 0 Å². The Hall–Kier alpha value is -1.65. The molecule has 1 amide bonds. The van der Waals surface area contributed by atoms with Gasteiger partial charge < -0.3 is 10.2 Å². The molecule has 1 unspecified atom stereocenters. The Bertz CT molecular complexity index is 903. The van der Waals surface area contributed by atoms with E-state index in [2.05, 4.69) is 15.1 Å². The highest BCUT2D eigenvalue weighted by molar-refractivity contribution is 7.89. The van der Waals surface area contributed by atoms with Gasteiger partial charge in [-0.2, -0.15) is 5.10 Å². The van der Waals surface area contributed by atoms with Crippen LogP contribution in [0.1, 0.15) is 11.6 Å². The lowest BCUT2D eigenvalue weighted by Gasteiger charge is -2.36. The molecule has 2 N–H and O–H groups in total. The van der Waals surface area contributed by atoms with E-state index in [1.165, 1.54) is 17.1 Å². The topological polar surface area (TPSA) is 96.3 Å². The molecule has 3 rings (SSSR count). The standard InChI is InChI=1S/C16H20ClN5O3S.ClH/c1-21-11-14(8-19-21)26(24,25)20-10-16(23)22-6-5-18-9-15(22)12-3-2-4-13(17)7-12;/h2-4,7-8,11,15,18,20H,5-6,9-10H2,1H3;1H. The minimum atomic E-state index is -3.78. The SMILES string of the molecule is Cl.Cn1cc(S(=O)(=O)NCC(=O)N2CCNCC2c2cccc(Cl)c2)cn1. The maximum absolute atomic E-state index is 12.7. The molecule has 8 nitrogen and oxygen atoms in total. The van der Waals surface area contributed by atoms with Crippen LogP contribution in [0.15, 0.2) is 41.6 Å². The van der Waals surface area contributed by atoms with Crippen molar-refractivity contribution in [2.75, 3.05) is 26.2 Å². The van der Waals surface area contributed by atoms with E-state index >= 15 is 0 Å². The molecule has 0 aliphatic carbocycles. The Morgan fingerprint density at radius 1 is 1.44 bits per heavy atom. The lowest BCUT2D eigenvalue weighted by Crippen LogP contribution is -2.51. The molecular formula is C16H21Cl2N5O3S. The molecule has 27 heavy (non-hydrogen) atoms. The van der Waals surface area contributed by atoms with Crippen molar-refractivity contribution >= 4 is 39.9 Å². The molecule has 1 aliphatic rings.